The van der Waals surface area contributed by atoms with Gasteiger partial charge in [-0.1, -0.05) is 13.8 Å². The molecule has 0 aromatic heterocycles. The lowest BCUT2D eigenvalue weighted by molar-refractivity contribution is 0.0698. The van der Waals surface area contributed by atoms with Crippen molar-refractivity contribution in [3.63, 3.8) is 0 Å². The van der Waals surface area contributed by atoms with E-state index in [1.807, 2.05) is 6.92 Å². The summed E-state index contributed by atoms with van der Waals surface area (Å²) in [4.78, 5) is 13.5. The van der Waals surface area contributed by atoms with Gasteiger partial charge in [-0.05, 0) is 38.2 Å². The van der Waals surface area contributed by atoms with Gasteiger partial charge in [-0.3, -0.25) is 0 Å². The van der Waals surface area contributed by atoms with Crippen LogP contribution in [0.5, 0.6) is 0 Å². The highest BCUT2D eigenvalue weighted by atomic mass is 16.4. The molecule has 5 heteroatoms. The molecule has 1 aromatic carbocycles. The highest BCUT2D eigenvalue weighted by Gasteiger charge is 2.13. The number of nitrogens with two attached hydrogens (primary N) is 1. The number of nitrogens with one attached hydrogen (secondary N) is 1. The number of carboxylic acid groups (broad SMARTS) is 1. The van der Waals surface area contributed by atoms with Gasteiger partial charge in [0.2, 0.25) is 0 Å². The minimum Gasteiger partial charge on any atom is -0.478 e. The Morgan fingerprint density at radius 3 is 2.58 bits per heavy atom. The van der Waals surface area contributed by atoms with Crippen molar-refractivity contribution < 1.29 is 9.90 Å². The number of rotatable bonds is 7. The topological polar surface area (TPSA) is 78.6 Å². The van der Waals surface area contributed by atoms with Gasteiger partial charge < -0.3 is 21.1 Å². The number of nitrogens with zero attached hydrogens (tertiary/aromatic N) is 1. The molecule has 0 aliphatic rings. The Balaban J connectivity index is 2.78. The van der Waals surface area contributed by atoms with Crippen LogP contribution in [0.3, 0.4) is 0 Å². The molecule has 106 valence electrons. The second kappa shape index (κ2) is 6.99. The van der Waals surface area contributed by atoms with Gasteiger partial charge in [0.05, 0.1) is 5.56 Å². The van der Waals surface area contributed by atoms with Gasteiger partial charge in [-0.2, -0.15) is 0 Å². The summed E-state index contributed by atoms with van der Waals surface area (Å²) in [5, 5.41) is 12.4. The molecular formula is C14H23N3O2. The number of anilines is 2. The van der Waals surface area contributed by atoms with Crippen molar-refractivity contribution in [2.45, 2.75) is 26.8 Å². The van der Waals surface area contributed by atoms with Gasteiger partial charge >= 0.3 is 5.97 Å². The van der Waals surface area contributed by atoms with E-state index in [4.69, 9.17) is 5.73 Å². The van der Waals surface area contributed by atoms with Crippen LogP contribution >= 0.6 is 0 Å². The van der Waals surface area contributed by atoms with Crippen LogP contribution in [-0.4, -0.2) is 41.7 Å². The summed E-state index contributed by atoms with van der Waals surface area (Å²) < 4.78 is 0. The molecule has 0 radical (unpaired) electrons. The average Bonchev–Trinajstić information content (AvgIpc) is 2.37. The van der Waals surface area contributed by atoms with Crippen molar-refractivity contribution in [3.05, 3.63) is 23.8 Å². The molecule has 0 saturated heterocycles. The first-order chi connectivity index (χ1) is 8.97. The molecule has 0 fully saturated rings. The van der Waals surface area contributed by atoms with Crippen molar-refractivity contribution in [1.82, 2.24) is 4.90 Å². The van der Waals surface area contributed by atoms with E-state index in [1.165, 1.54) is 6.07 Å². The maximum atomic E-state index is 11.2. The number of carbonyl (C=O) groups is 1. The Bertz CT molecular complexity index is 431. The standard InChI is InChI=1S/C14H23N3O2/c1-4-17(5-2)9-10(3)16-13-7-6-11(15)8-12(13)14(18)19/h6-8,10,16H,4-5,9,15H2,1-3H3,(H,18,19). The van der Waals surface area contributed by atoms with Crippen LogP contribution in [0.1, 0.15) is 31.1 Å². The van der Waals surface area contributed by atoms with Crippen molar-refractivity contribution >= 4 is 17.3 Å². The Kier molecular flexibility index (Phi) is 5.63. The van der Waals surface area contributed by atoms with Gasteiger partial charge in [0.1, 0.15) is 0 Å². The molecule has 1 aromatic rings. The van der Waals surface area contributed by atoms with E-state index in [0.29, 0.717) is 11.4 Å². The molecule has 1 atom stereocenters. The summed E-state index contributed by atoms with van der Waals surface area (Å²) >= 11 is 0. The predicted molar refractivity (Wildman–Crippen MR) is 78.7 cm³/mol. The highest BCUT2D eigenvalue weighted by Crippen LogP contribution is 2.20. The smallest absolute Gasteiger partial charge is 0.337 e. The van der Waals surface area contributed by atoms with Gasteiger partial charge in [0.15, 0.2) is 0 Å². The zero-order valence-electron chi connectivity index (χ0n) is 11.8. The minimum atomic E-state index is -0.968. The molecule has 0 aliphatic carbocycles. The van der Waals surface area contributed by atoms with Crippen LogP contribution in [0.15, 0.2) is 18.2 Å². The van der Waals surface area contributed by atoms with E-state index in [1.54, 1.807) is 12.1 Å². The SMILES string of the molecule is CCN(CC)CC(C)Nc1ccc(N)cc1C(=O)O. The van der Waals surface area contributed by atoms with Crippen molar-refractivity contribution in [2.24, 2.45) is 0 Å². The monoisotopic (exact) mass is 265 g/mol. The summed E-state index contributed by atoms with van der Waals surface area (Å²) in [5.74, 6) is -0.968. The number of nitrogen functional groups attached to an aromatic ring is 1. The molecule has 1 unspecified atom stereocenters. The zero-order valence-corrected chi connectivity index (χ0v) is 11.8. The average molecular weight is 265 g/mol. The molecule has 0 aliphatic heterocycles. The van der Waals surface area contributed by atoms with Crippen molar-refractivity contribution in [2.75, 3.05) is 30.7 Å². The van der Waals surface area contributed by atoms with Crippen LogP contribution in [0.4, 0.5) is 11.4 Å². The Hall–Kier alpha value is -1.75. The van der Waals surface area contributed by atoms with Crippen LogP contribution in [-0.2, 0) is 0 Å². The first kappa shape index (κ1) is 15.3. The highest BCUT2D eigenvalue weighted by molar-refractivity contribution is 5.95. The molecule has 1 rings (SSSR count). The van der Waals surface area contributed by atoms with Crippen LogP contribution in [0, 0.1) is 0 Å². The van der Waals surface area contributed by atoms with E-state index >= 15 is 0 Å². The van der Waals surface area contributed by atoms with E-state index in [9.17, 15) is 9.90 Å². The normalized spacial score (nSPS) is 12.4. The van der Waals surface area contributed by atoms with E-state index in [0.717, 1.165) is 19.6 Å². The molecule has 5 nitrogen and oxygen atoms in total. The number of carboxylic acids is 1. The molecule has 19 heavy (non-hydrogen) atoms. The van der Waals surface area contributed by atoms with Gasteiger partial charge in [-0.25, -0.2) is 4.79 Å². The van der Waals surface area contributed by atoms with Crippen LogP contribution < -0.4 is 11.1 Å². The number of hydrogen-bond donors (Lipinski definition) is 3. The predicted octanol–water partition coefficient (Wildman–Crippen LogP) is 2.11. The summed E-state index contributed by atoms with van der Waals surface area (Å²) in [6.07, 6.45) is 0. The van der Waals surface area contributed by atoms with E-state index in [-0.39, 0.29) is 11.6 Å². The quantitative estimate of drug-likeness (QED) is 0.658. The van der Waals surface area contributed by atoms with Gasteiger partial charge in [0.25, 0.3) is 0 Å². The summed E-state index contributed by atoms with van der Waals surface area (Å²) in [6, 6.07) is 5.08. The van der Waals surface area contributed by atoms with Crippen molar-refractivity contribution in [3.8, 4) is 0 Å². The number of benzene rings is 1. The van der Waals surface area contributed by atoms with Crippen LogP contribution in [0.25, 0.3) is 0 Å². The first-order valence-corrected chi connectivity index (χ1v) is 6.59. The molecule has 0 heterocycles. The second-order valence-electron chi connectivity index (χ2n) is 4.64. The summed E-state index contributed by atoms with van der Waals surface area (Å²) in [6.45, 7) is 9.10. The lowest BCUT2D eigenvalue weighted by Gasteiger charge is -2.24. The second-order valence-corrected chi connectivity index (χ2v) is 4.64. The molecular weight excluding hydrogens is 242 g/mol. The molecule has 0 amide bonds. The van der Waals surface area contributed by atoms with Gasteiger partial charge in [0, 0.05) is 24.0 Å². The lowest BCUT2D eigenvalue weighted by Crippen LogP contribution is -2.35. The fourth-order valence-corrected chi connectivity index (χ4v) is 2.04. The lowest BCUT2D eigenvalue weighted by atomic mass is 10.1. The Morgan fingerprint density at radius 1 is 1.42 bits per heavy atom. The number of aromatic carboxylic acids is 1. The maximum absolute atomic E-state index is 11.2. The third kappa shape index (κ3) is 4.44. The van der Waals surface area contributed by atoms with Crippen LogP contribution in [0.2, 0.25) is 0 Å². The number of hydrogen-bond acceptors (Lipinski definition) is 4. The van der Waals surface area contributed by atoms with Crippen molar-refractivity contribution in [1.29, 1.82) is 0 Å². The molecule has 0 spiro atoms. The van der Waals surface area contributed by atoms with E-state index in [2.05, 4.69) is 24.1 Å². The Morgan fingerprint density at radius 2 is 2.05 bits per heavy atom. The Labute approximate surface area is 114 Å². The molecule has 4 N–H and O–H groups in total. The molecule has 0 bridgehead atoms. The summed E-state index contributed by atoms with van der Waals surface area (Å²) in [5.41, 5.74) is 6.90. The summed E-state index contributed by atoms with van der Waals surface area (Å²) in [7, 11) is 0. The van der Waals surface area contributed by atoms with Gasteiger partial charge in [-0.15, -0.1) is 0 Å². The minimum absolute atomic E-state index is 0.168. The third-order valence-corrected chi connectivity index (χ3v) is 3.10. The van der Waals surface area contributed by atoms with E-state index < -0.39 is 5.97 Å². The molecule has 0 saturated carbocycles. The fourth-order valence-electron chi connectivity index (χ4n) is 2.04. The fraction of sp³-hybridized carbons (Fsp3) is 0.500. The maximum Gasteiger partial charge on any atom is 0.337 e. The largest absolute Gasteiger partial charge is 0.478 e. The first-order valence-electron chi connectivity index (χ1n) is 6.59. The third-order valence-electron chi connectivity index (χ3n) is 3.10. The number of likely N-dealkylation sites (N-methyl/N-ethyl adjacent to an activating group) is 1. The zero-order chi connectivity index (χ0) is 14.4.